The highest BCUT2D eigenvalue weighted by molar-refractivity contribution is 5.78. The summed E-state index contributed by atoms with van der Waals surface area (Å²) in [5.74, 6) is 2.14. The number of benzene rings is 1. The van der Waals surface area contributed by atoms with E-state index in [0.717, 1.165) is 37.9 Å². The Hall–Kier alpha value is -1.59. The van der Waals surface area contributed by atoms with Gasteiger partial charge < -0.3 is 19.3 Å². The van der Waals surface area contributed by atoms with Crippen LogP contribution < -0.4 is 4.74 Å². The van der Waals surface area contributed by atoms with Crippen molar-refractivity contribution in [1.82, 2.24) is 9.80 Å². The summed E-state index contributed by atoms with van der Waals surface area (Å²) in [5, 5.41) is 0. The number of likely N-dealkylation sites (tertiary alicyclic amines) is 1. The minimum absolute atomic E-state index is 0.0595. The minimum atomic E-state index is 0.0595. The van der Waals surface area contributed by atoms with Crippen molar-refractivity contribution in [3.05, 3.63) is 30.3 Å². The molecule has 2 atom stereocenters. The summed E-state index contributed by atoms with van der Waals surface area (Å²) < 4.78 is 11.6. The third-order valence-electron chi connectivity index (χ3n) is 5.28. The lowest BCUT2D eigenvalue weighted by Crippen LogP contribution is -2.36. The summed E-state index contributed by atoms with van der Waals surface area (Å²) in [6.45, 7) is 5.70. The highest BCUT2D eigenvalue weighted by Crippen LogP contribution is 2.31. The molecule has 2 aliphatic heterocycles. The molecule has 3 aliphatic rings. The van der Waals surface area contributed by atoms with E-state index >= 15 is 0 Å². The fraction of sp³-hybridized carbons (Fsp3) is 0.632. The number of carbonyl (C=O) groups excluding carboxylic acids is 1. The Morgan fingerprint density at radius 1 is 1.17 bits per heavy atom. The molecule has 130 valence electrons. The molecule has 0 radical (unpaired) electrons. The lowest BCUT2D eigenvalue weighted by atomic mass is 10.1. The van der Waals surface area contributed by atoms with Gasteiger partial charge in [-0.2, -0.15) is 0 Å². The summed E-state index contributed by atoms with van der Waals surface area (Å²) >= 11 is 0. The Bertz CT molecular complexity index is 561. The lowest BCUT2D eigenvalue weighted by molar-refractivity contribution is -0.132. The molecule has 1 amide bonds. The van der Waals surface area contributed by atoms with Gasteiger partial charge >= 0.3 is 0 Å². The molecule has 24 heavy (non-hydrogen) atoms. The Morgan fingerprint density at radius 3 is 2.79 bits per heavy atom. The Kier molecular flexibility index (Phi) is 4.72. The summed E-state index contributed by atoms with van der Waals surface area (Å²) in [5.41, 5.74) is 0. The van der Waals surface area contributed by atoms with Crippen LogP contribution in [0.25, 0.3) is 0 Å². The molecule has 5 heteroatoms. The highest BCUT2D eigenvalue weighted by atomic mass is 16.5. The number of rotatable bonds is 5. The van der Waals surface area contributed by atoms with E-state index in [1.165, 1.54) is 19.4 Å². The predicted octanol–water partition coefficient (Wildman–Crippen LogP) is 1.63. The number of hydrogen-bond acceptors (Lipinski definition) is 4. The molecule has 1 aliphatic carbocycles. The molecule has 0 N–H and O–H groups in total. The van der Waals surface area contributed by atoms with Gasteiger partial charge in [0, 0.05) is 38.6 Å². The number of fused-ring (bicyclic) bond motifs is 1. The van der Waals surface area contributed by atoms with E-state index in [9.17, 15) is 4.79 Å². The van der Waals surface area contributed by atoms with Gasteiger partial charge in [-0.15, -0.1) is 0 Å². The van der Waals surface area contributed by atoms with Crippen molar-refractivity contribution in [2.24, 2.45) is 11.8 Å². The first-order chi connectivity index (χ1) is 11.8. The molecule has 1 aromatic rings. The van der Waals surface area contributed by atoms with Gasteiger partial charge in [-0.25, -0.2) is 0 Å². The number of hydrogen-bond donors (Lipinski definition) is 0. The number of amides is 1. The van der Waals surface area contributed by atoms with Crippen LogP contribution in [0.5, 0.6) is 5.75 Å². The predicted molar refractivity (Wildman–Crippen MR) is 90.9 cm³/mol. The van der Waals surface area contributed by atoms with Crippen molar-refractivity contribution < 1.29 is 14.3 Å². The minimum Gasteiger partial charge on any atom is -0.484 e. The molecule has 2 saturated heterocycles. The van der Waals surface area contributed by atoms with Gasteiger partial charge in [0.1, 0.15) is 5.75 Å². The summed E-state index contributed by atoms with van der Waals surface area (Å²) in [6, 6.07) is 9.51. The van der Waals surface area contributed by atoms with Crippen LogP contribution in [-0.2, 0) is 9.53 Å². The van der Waals surface area contributed by atoms with Gasteiger partial charge in [0.05, 0.1) is 12.7 Å². The fourth-order valence-corrected chi connectivity index (χ4v) is 3.75. The molecule has 3 fully saturated rings. The molecule has 0 unspecified atom stereocenters. The van der Waals surface area contributed by atoms with Gasteiger partial charge in [0.2, 0.25) is 0 Å². The van der Waals surface area contributed by atoms with Crippen LogP contribution in [0.1, 0.15) is 12.8 Å². The zero-order chi connectivity index (χ0) is 16.4. The van der Waals surface area contributed by atoms with Crippen LogP contribution in [0.4, 0.5) is 0 Å². The maximum Gasteiger partial charge on any atom is 0.260 e. The van der Waals surface area contributed by atoms with Gasteiger partial charge in [0.15, 0.2) is 6.61 Å². The molecule has 1 saturated carbocycles. The standard InChI is InChI=1S/C19H26N2O3/c22-19(14-24-17-4-2-1-3-5-17)21-12-16-11-20(10-15-6-7-15)8-9-23-18(16)13-21/h1-5,15-16,18H,6-14H2/t16-,18+/m1/s1. The van der Waals surface area contributed by atoms with Gasteiger partial charge in [-0.1, -0.05) is 18.2 Å². The number of carbonyl (C=O) groups is 1. The summed E-state index contributed by atoms with van der Waals surface area (Å²) in [4.78, 5) is 16.9. The Labute approximate surface area is 143 Å². The first kappa shape index (κ1) is 15.9. The van der Waals surface area contributed by atoms with Crippen LogP contribution >= 0.6 is 0 Å². The first-order valence-corrected chi connectivity index (χ1v) is 9.07. The highest BCUT2D eigenvalue weighted by Gasteiger charge is 2.39. The number of ether oxygens (including phenoxy) is 2. The Balaban J connectivity index is 1.29. The Morgan fingerprint density at radius 2 is 2.00 bits per heavy atom. The van der Waals surface area contributed by atoms with Crippen LogP contribution in [0, 0.1) is 11.8 Å². The SMILES string of the molecule is O=C(COc1ccccc1)N1C[C@H]2CN(CC3CC3)CCO[C@H]2C1. The molecule has 4 rings (SSSR count). The second-order valence-electron chi connectivity index (χ2n) is 7.27. The van der Waals surface area contributed by atoms with Gasteiger partial charge in [0.25, 0.3) is 5.91 Å². The number of nitrogens with zero attached hydrogens (tertiary/aromatic N) is 2. The molecule has 5 nitrogen and oxygen atoms in total. The third kappa shape index (κ3) is 3.90. The smallest absolute Gasteiger partial charge is 0.260 e. The first-order valence-electron chi connectivity index (χ1n) is 9.07. The zero-order valence-corrected chi connectivity index (χ0v) is 14.1. The van der Waals surface area contributed by atoms with Crippen molar-refractivity contribution in [2.45, 2.75) is 18.9 Å². The van der Waals surface area contributed by atoms with Crippen molar-refractivity contribution in [3.8, 4) is 5.75 Å². The molecular formula is C19H26N2O3. The summed E-state index contributed by atoms with van der Waals surface area (Å²) in [6.07, 6.45) is 2.95. The lowest BCUT2D eigenvalue weighted by Gasteiger charge is -2.23. The van der Waals surface area contributed by atoms with Gasteiger partial charge in [-0.05, 0) is 30.9 Å². The second-order valence-corrected chi connectivity index (χ2v) is 7.27. The average Bonchev–Trinajstić information content (AvgIpc) is 3.36. The molecular weight excluding hydrogens is 304 g/mol. The number of para-hydroxylation sites is 1. The van der Waals surface area contributed by atoms with E-state index < -0.39 is 0 Å². The monoisotopic (exact) mass is 330 g/mol. The van der Waals surface area contributed by atoms with E-state index in [-0.39, 0.29) is 18.6 Å². The largest absolute Gasteiger partial charge is 0.484 e. The quantitative estimate of drug-likeness (QED) is 0.823. The van der Waals surface area contributed by atoms with E-state index in [4.69, 9.17) is 9.47 Å². The maximum atomic E-state index is 12.4. The second kappa shape index (κ2) is 7.11. The van der Waals surface area contributed by atoms with Crippen molar-refractivity contribution in [3.63, 3.8) is 0 Å². The van der Waals surface area contributed by atoms with E-state index in [2.05, 4.69) is 4.90 Å². The molecule has 0 spiro atoms. The molecule has 1 aromatic carbocycles. The third-order valence-corrected chi connectivity index (χ3v) is 5.28. The van der Waals surface area contributed by atoms with Crippen molar-refractivity contribution in [2.75, 3.05) is 45.9 Å². The average molecular weight is 330 g/mol. The van der Waals surface area contributed by atoms with Crippen LogP contribution in [-0.4, -0.2) is 67.7 Å². The van der Waals surface area contributed by atoms with Crippen LogP contribution in [0.15, 0.2) is 30.3 Å². The van der Waals surface area contributed by atoms with Gasteiger partial charge in [-0.3, -0.25) is 4.79 Å². The topological polar surface area (TPSA) is 42.0 Å². The van der Waals surface area contributed by atoms with E-state index in [1.54, 1.807) is 0 Å². The van der Waals surface area contributed by atoms with Crippen molar-refractivity contribution in [1.29, 1.82) is 0 Å². The molecule has 0 aromatic heterocycles. The zero-order valence-electron chi connectivity index (χ0n) is 14.1. The van der Waals surface area contributed by atoms with Crippen molar-refractivity contribution >= 4 is 5.91 Å². The maximum absolute atomic E-state index is 12.4. The normalized spacial score (nSPS) is 27.6. The van der Waals surface area contributed by atoms with Crippen LogP contribution in [0.3, 0.4) is 0 Å². The van der Waals surface area contributed by atoms with E-state index in [1.807, 2.05) is 35.2 Å². The molecule has 2 heterocycles. The van der Waals surface area contributed by atoms with E-state index in [0.29, 0.717) is 12.5 Å². The van der Waals surface area contributed by atoms with Crippen LogP contribution in [0.2, 0.25) is 0 Å². The molecule has 0 bridgehead atoms. The fourth-order valence-electron chi connectivity index (χ4n) is 3.75. The summed E-state index contributed by atoms with van der Waals surface area (Å²) in [7, 11) is 0.